The summed E-state index contributed by atoms with van der Waals surface area (Å²) in [6.07, 6.45) is 1.82. The van der Waals surface area contributed by atoms with Gasteiger partial charge in [-0.25, -0.2) is 14.2 Å². The van der Waals surface area contributed by atoms with Crippen LogP contribution in [-0.2, 0) is 19.1 Å². The van der Waals surface area contributed by atoms with E-state index in [1.807, 2.05) is 5.38 Å². The number of nitrogens with zero attached hydrogens (tertiary/aromatic N) is 3. The van der Waals surface area contributed by atoms with Crippen LogP contribution in [0.25, 0.3) is 0 Å². The maximum Gasteiger partial charge on any atom is 0.338 e. The van der Waals surface area contributed by atoms with Gasteiger partial charge < -0.3 is 19.9 Å². The number of carboxylic acid groups (broad SMARTS) is 1. The van der Waals surface area contributed by atoms with Gasteiger partial charge in [-0.3, -0.25) is 14.7 Å². The molecule has 0 radical (unpaired) electrons. The maximum absolute atomic E-state index is 13.8. The molecule has 0 bridgehead atoms. The zero-order valence-corrected chi connectivity index (χ0v) is 21.1. The van der Waals surface area contributed by atoms with Crippen LogP contribution in [0, 0.1) is 5.82 Å². The normalized spacial score (nSPS) is 20.6. The van der Waals surface area contributed by atoms with Gasteiger partial charge in [0.2, 0.25) is 0 Å². The summed E-state index contributed by atoms with van der Waals surface area (Å²) in [5.41, 5.74) is 1.31. The number of esters is 1. The Labute approximate surface area is 216 Å². The molecule has 2 unspecified atom stereocenters. The third-order valence-corrected chi connectivity index (χ3v) is 6.91. The molecule has 0 saturated carbocycles. The van der Waals surface area contributed by atoms with Crippen molar-refractivity contribution in [1.82, 2.24) is 15.2 Å². The molecular formula is C24H26ClFN4O5S. The lowest BCUT2D eigenvalue weighted by atomic mass is 9.95. The number of benzene rings is 1. The summed E-state index contributed by atoms with van der Waals surface area (Å²) in [4.78, 5) is 35.4. The first-order chi connectivity index (χ1) is 17.4. The number of aliphatic imine (C=N–C) groups is 1. The minimum atomic E-state index is -0.875. The Balaban J connectivity index is 1.71. The van der Waals surface area contributed by atoms with E-state index in [9.17, 15) is 14.0 Å². The van der Waals surface area contributed by atoms with Crippen molar-refractivity contribution in [3.05, 3.63) is 62.5 Å². The van der Waals surface area contributed by atoms with Crippen molar-refractivity contribution in [3.8, 4) is 0 Å². The quantitative estimate of drug-likeness (QED) is 0.469. The Kier molecular flexibility index (Phi) is 8.68. The summed E-state index contributed by atoms with van der Waals surface area (Å²) in [5.74, 6) is -1.46. The second-order valence-electron chi connectivity index (χ2n) is 8.28. The van der Waals surface area contributed by atoms with Gasteiger partial charge in [-0.2, -0.15) is 0 Å². The summed E-state index contributed by atoms with van der Waals surface area (Å²) in [5, 5.41) is 14.9. The molecule has 2 aliphatic heterocycles. The van der Waals surface area contributed by atoms with E-state index in [1.54, 1.807) is 13.1 Å². The first-order valence-electron chi connectivity index (χ1n) is 11.5. The van der Waals surface area contributed by atoms with Crippen molar-refractivity contribution in [2.45, 2.75) is 31.9 Å². The summed E-state index contributed by atoms with van der Waals surface area (Å²) in [7, 11) is 0. The smallest absolute Gasteiger partial charge is 0.338 e. The lowest BCUT2D eigenvalue weighted by molar-refractivity contribution is -0.139. The fourth-order valence-corrected chi connectivity index (χ4v) is 5.03. The molecule has 36 heavy (non-hydrogen) atoms. The molecule has 2 aromatic rings. The van der Waals surface area contributed by atoms with Crippen LogP contribution in [0.3, 0.4) is 0 Å². The van der Waals surface area contributed by atoms with E-state index >= 15 is 0 Å². The van der Waals surface area contributed by atoms with Crippen LogP contribution in [0.2, 0.25) is 5.02 Å². The number of ether oxygens (including phenoxy) is 2. The van der Waals surface area contributed by atoms with Crippen LogP contribution in [0.5, 0.6) is 0 Å². The number of rotatable bonds is 9. The maximum atomic E-state index is 13.8. The second kappa shape index (κ2) is 11.9. The number of thiazole rings is 1. The Morgan fingerprint density at radius 3 is 2.94 bits per heavy atom. The predicted octanol–water partition coefficient (Wildman–Crippen LogP) is 3.41. The molecule has 2 atom stereocenters. The topological polar surface area (TPSA) is 113 Å². The number of carbonyl (C=O) groups excluding carboxylic acids is 1. The van der Waals surface area contributed by atoms with Crippen LogP contribution in [-0.4, -0.2) is 71.7 Å². The third kappa shape index (κ3) is 6.28. The number of hydrogen-bond donors (Lipinski definition) is 2. The Morgan fingerprint density at radius 1 is 1.42 bits per heavy atom. The first-order valence-corrected chi connectivity index (χ1v) is 12.8. The average molecular weight is 537 g/mol. The van der Waals surface area contributed by atoms with Crippen LogP contribution in [0.4, 0.5) is 4.39 Å². The summed E-state index contributed by atoms with van der Waals surface area (Å²) >= 11 is 7.79. The molecule has 4 rings (SSSR count). The van der Waals surface area contributed by atoms with Crippen LogP contribution in [0.1, 0.15) is 36.4 Å². The van der Waals surface area contributed by atoms with E-state index in [4.69, 9.17) is 31.2 Å². The van der Waals surface area contributed by atoms with Crippen LogP contribution >= 0.6 is 22.9 Å². The number of hydrogen-bond acceptors (Lipinski definition) is 9. The largest absolute Gasteiger partial charge is 0.481 e. The predicted molar refractivity (Wildman–Crippen MR) is 133 cm³/mol. The molecule has 3 heterocycles. The fourth-order valence-electron chi connectivity index (χ4n) is 4.17. The molecule has 2 N–H and O–H groups in total. The molecule has 1 fully saturated rings. The zero-order valence-electron chi connectivity index (χ0n) is 19.6. The zero-order chi connectivity index (χ0) is 25.7. The highest BCUT2D eigenvalue weighted by molar-refractivity contribution is 7.11. The van der Waals surface area contributed by atoms with Crippen LogP contribution < -0.4 is 5.32 Å². The van der Waals surface area contributed by atoms with Gasteiger partial charge in [-0.05, 0) is 25.5 Å². The molecule has 1 aromatic heterocycles. The number of carboxylic acids is 1. The molecule has 1 aromatic carbocycles. The van der Waals surface area contributed by atoms with Gasteiger partial charge in [0.1, 0.15) is 11.9 Å². The number of aliphatic carboxylic acids is 1. The van der Waals surface area contributed by atoms with Crippen molar-refractivity contribution in [3.63, 3.8) is 0 Å². The minimum Gasteiger partial charge on any atom is -0.481 e. The second-order valence-corrected chi connectivity index (χ2v) is 9.58. The number of carbonyl (C=O) groups is 2. The Hall–Kier alpha value is -2.86. The highest BCUT2D eigenvalue weighted by Gasteiger charge is 2.35. The van der Waals surface area contributed by atoms with Gasteiger partial charge in [0.15, 0.2) is 10.8 Å². The van der Waals surface area contributed by atoms with Gasteiger partial charge >= 0.3 is 11.9 Å². The van der Waals surface area contributed by atoms with Gasteiger partial charge in [0.05, 0.1) is 24.9 Å². The van der Waals surface area contributed by atoms with Crippen molar-refractivity contribution < 1.29 is 28.6 Å². The van der Waals surface area contributed by atoms with Crippen molar-refractivity contribution in [2.75, 3.05) is 32.8 Å². The summed E-state index contributed by atoms with van der Waals surface area (Å²) in [6, 6.07) is 3.15. The van der Waals surface area contributed by atoms with E-state index in [0.717, 1.165) is 0 Å². The molecule has 2 aliphatic rings. The third-order valence-electron chi connectivity index (χ3n) is 5.80. The number of nitrogens with one attached hydrogen (secondary N) is 1. The molecule has 12 heteroatoms. The SMILES string of the molecule is CCOC(=O)C1=C(CN2CCOC(CCC(=O)O)C2)NC(c2nccs2)=NC1c1ccc(F)cc1Cl. The lowest BCUT2D eigenvalue weighted by Gasteiger charge is -2.35. The molecule has 1 saturated heterocycles. The Bertz CT molecular complexity index is 1170. The van der Waals surface area contributed by atoms with Gasteiger partial charge in [0.25, 0.3) is 0 Å². The molecular weight excluding hydrogens is 511 g/mol. The van der Waals surface area contributed by atoms with E-state index in [0.29, 0.717) is 54.8 Å². The highest BCUT2D eigenvalue weighted by atomic mass is 35.5. The lowest BCUT2D eigenvalue weighted by Crippen LogP contribution is -2.46. The fraction of sp³-hybridized carbons (Fsp3) is 0.417. The van der Waals surface area contributed by atoms with Crippen molar-refractivity contribution in [1.29, 1.82) is 0 Å². The summed E-state index contributed by atoms with van der Waals surface area (Å²) in [6.45, 7) is 3.75. The first kappa shape index (κ1) is 26.2. The van der Waals surface area contributed by atoms with Crippen LogP contribution in [0.15, 0.2) is 46.0 Å². The number of amidine groups is 1. The van der Waals surface area contributed by atoms with Crippen molar-refractivity contribution in [2.24, 2.45) is 4.99 Å². The molecule has 0 spiro atoms. The number of aromatic nitrogens is 1. The summed E-state index contributed by atoms with van der Waals surface area (Å²) < 4.78 is 24.9. The molecule has 0 aliphatic carbocycles. The van der Waals surface area contributed by atoms with E-state index in [1.165, 1.54) is 29.5 Å². The van der Waals surface area contributed by atoms with E-state index < -0.39 is 23.8 Å². The van der Waals surface area contributed by atoms with E-state index in [2.05, 4.69) is 15.2 Å². The molecule has 9 nitrogen and oxygen atoms in total. The number of halogens is 2. The van der Waals surface area contributed by atoms with Crippen molar-refractivity contribution >= 4 is 40.7 Å². The Morgan fingerprint density at radius 2 is 2.25 bits per heavy atom. The van der Waals surface area contributed by atoms with Gasteiger partial charge in [0, 0.05) is 53.9 Å². The average Bonchev–Trinajstić information content (AvgIpc) is 3.38. The standard InChI is InChI=1S/C24H26ClFN4O5S/c1-2-34-24(33)20-18(13-30-8-9-35-15(12-30)4-6-19(31)32)28-22(23-27-7-10-36-23)29-21(20)16-5-3-14(26)11-17(16)25/h3,5,7,10-11,15,21H,2,4,6,8-9,12-13H2,1H3,(H,28,29)(H,31,32). The van der Waals surface area contributed by atoms with E-state index in [-0.39, 0.29) is 29.7 Å². The highest BCUT2D eigenvalue weighted by Crippen LogP contribution is 2.37. The molecule has 0 amide bonds. The molecule has 192 valence electrons. The minimum absolute atomic E-state index is 0.0134. The monoisotopic (exact) mass is 536 g/mol. The van der Waals surface area contributed by atoms with Gasteiger partial charge in [-0.15, -0.1) is 11.3 Å². The van der Waals surface area contributed by atoms with Gasteiger partial charge in [-0.1, -0.05) is 17.7 Å². The number of morpholine rings is 1.